The molecule has 0 aliphatic rings. The standard InChI is InChI=1S/C5H6BrN3S/c1-9-4(3-7-10)2-5(6)8-9/h2-3,10H,1H3/b7-3+. The molecule has 0 aliphatic carbocycles. The van der Waals surface area contributed by atoms with Crippen molar-refractivity contribution < 1.29 is 0 Å². The van der Waals surface area contributed by atoms with Crippen molar-refractivity contribution >= 4 is 35.0 Å². The number of aryl methyl sites for hydroxylation is 1. The van der Waals surface area contributed by atoms with Gasteiger partial charge in [-0.15, -0.1) is 0 Å². The van der Waals surface area contributed by atoms with E-state index < -0.39 is 0 Å². The third kappa shape index (κ3) is 1.60. The smallest absolute Gasteiger partial charge is 0.128 e. The van der Waals surface area contributed by atoms with Crippen molar-refractivity contribution in [1.82, 2.24) is 9.78 Å². The zero-order valence-electron chi connectivity index (χ0n) is 5.32. The van der Waals surface area contributed by atoms with E-state index in [9.17, 15) is 0 Å². The van der Waals surface area contributed by atoms with Crippen molar-refractivity contribution in [1.29, 1.82) is 0 Å². The van der Waals surface area contributed by atoms with E-state index in [1.807, 2.05) is 13.1 Å². The first-order valence-electron chi connectivity index (χ1n) is 2.61. The van der Waals surface area contributed by atoms with Gasteiger partial charge >= 0.3 is 0 Å². The number of hydrogen-bond donors (Lipinski definition) is 1. The Morgan fingerprint density at radius 3 is 3.00 bits per heavy atom. The molecule has 0 saturated carbocycles. The number of hydrogen-bond acceptors (Lipinski definition) is 3. The molecular weight excluding hydrogens is 214 g/mol. The predicted molar refractivity (Wildman–Crippen MR) is 47.5 cm³/mol. The normalized spacial score (nSPS) is 11.1. The minimum Gasteiger partial charge on any atom is -0.266 e. The van der Waals surface area contributed by atoms with Crippen LogP contribution in [0.15, 0.2) is 15.1 Å². The molecule has 0 aromatic carbocycles. The Morgan fingerprint density at radius 2 is 2.60 bits per heavy atom. The molecule has 0 bridgehead atoms. The fourth-order valence-electron chi connectivity index (χ4n) is 0.625. The molecule has 54 valence electrons. The van der Waals surface area contributed by atoms with Crippen molar-refractivity contribution in [3.05, 3.63) is 16.4 Å². The number of thiol groups is 1. The highest BCUT2D eigenvalue weighted by molar-refractivity contribution is 9.10. The summed E-state index contributed by atoms with van der Waals surface area (Å²) in [4.78, 5) is 0. The number of rotatable bonds is 1. The Balaban J connectivity index is 3.03. The van der Waals surface area contributed by atoms with Gasteiger partial charge < -0.3 is 0 Å². The zero-order valence-corrected chi connectivity index (χ0v) is 7.80. The molecule has 0 N–H and O–H groups in total. The second kappa shape index (κ2) is 3.21. The Hall–Kier alpha value is -0.290. The zero-order chi connectivity index (χ0) is 7.56. The van der Waals surface area contributed by atoms with Gasteiger partial charge in [-0.2, -0.15) is 5.10 Å². The highest BCUT2D eigenvalue weighted by Crippen LogP contribution is 2.07. The summed E-state index contributed by atoms with van der Waals surface area (Å²) >= 11 is 6.94. The van der Waals surface area contributed by atoms with Crippen LogP contribution in [-0.4, -0.2) is 16.0 Å². The molecule has 0 unspecified atom stereocenters. The third-order valence-electron chi connectivity index (χ3n) is 1.08. The summed E-state index contributed by atoms with van der Waals surface area (Å²) in [6, 6.07) is 1.86. The van der Waals surface area contributed by atoms with E-state index >= 15 is 0 Å². The SMILES string of the molecule is Cn1nc(Br)cc1/C=N/S. The molecule has 0 fully saturated rings. The first-order valence-corrected chi connectivity index (χ1v) is 3.80. The van der Waals surface area contributed by atoms with E-state index in [-0.39, 0.29) is 0 Å². The van der Waals surface area contributed by atoms with Crippen molar-refractivity contribution in [2.24, 2.45) is 11.4 Å². The molecule has 3 nitrogen and oxygen atoms in total. The largest absolute Gasteiger partial charge is 0.266 e. The quantitative estimate of drug-likeness (QED) is 0.563. The maximum absolute atomic E-state index is 4.04. The van der Waals surface area contributed by atoms with Crippen LogP contribution in [0.2, 0.25) is 0 Å². The van der Waals surface area contributed by atoms with E-state index in [1.165, 1.54) is 0 Å². The van der Waals surface area contributed by atoms with Crippen LogP contribution < -0.4 is 0 Å². The average Bonchev–Trinajstić information content (AvgIpc) is 2.13. The van der Waals surface area contributed by atoms with E-state index in [1.54, 1.807) is 10.9 Å². The van der Waals surface area contributed by atoms with Crippen LogP contribution in [0.1, 0.15) is 5.69 Å². The molecule has 0 radical (unpaired) electrons. The van der Waals surface area contributed by atoms with Gasteiger partial charge in [0.05, 0.1) is 11.9 Å². The van der Waals surface area contributed by atoms with Crippen LogP contribution >= 0.6 is 28.7 Å². The average molecular weight is 220 g/mol. The fourth-order valence-corrected chi connectivity index (χ4v) is 1.22. The van der Waals surface area contributed by atoms with Gasteiger partial charge in [-0.05, 0) is 34.8 Å². The van der Waals surface area contributed by atoms with Crippen molar-refractivity contribution in [2.45, 2.75) is 0 Å². The number of nitrogens with zero attached hydrogens (tertiary/aromatic N) is 3. The van der Waals surface area contributed by atoms with Gasteiger partial charge in [-0.25, -0.2) is 4.40 Å². The highest BCUT2D eigenvalue weighted by atomic mass is 79.9. The molecule has 10 heavy (non-hydrogen) atoms. The van der Waals surface area contributed by atoms with Gasteiger partial charge in [0.1, 0.15) is 4.60 Å². The first kappa shape index (κ1) is 7.81. The van der Waals surface area contributed by atoms with E-state index in [4.69, 9.17) is 0 Å². The van der Waals surface area contributed by atoms with Gasteiger partial charge in [0, 0.05) is 7.05 Å². The number of halogens is 1. The molecule has 5 heteroatoms. The first-order chi connectivity index (χ1) is 4.74. The van der Waals surface area contributed by atoms with Gasteiger partial charge in [0.25, 0.3) is 0 Å². The Kier molecular flexibility index (Phi) is 2.50. The van der Waals surface area contributed by atoms with Crippen molar-refractivity contribution in [3.63, 3.8) is 0 Å². The monoisotopic (exact) mass is 219 g/mol. The maximum atomic E-state index is 4.04. The Labute approximate surface area is 72.8 Å². The van der Waals surface area contributed by atoms with Crippen LogP contribution in [0.5, 0.6) is 0 Å². The van der Waals surface area contributed by atoms with Crippen LogP contribution in [0.4, 0.5) is 0 Å². The predicted octanol–water partition coefficient (Wildman–Crippen LogP) is 1.45. The van der Waals surface area contributed by atoms with Gasteiger partial charge in [-0.3, -0.25) is 4.68 Å². The third-order valence-corrected chi connectivity index (χ3v) is 1.58. The molecule has 0 spiro atoms. The Bertz CT molecular complexity index is 255. The maximum Gasteiger partial charge on any atom is 0.128 e. The molecule has 0 atom stereocenters. The van der Waals surface area contributed by atoms with Crippen LogP contribution in [0.3, 0.4) is 0 Å². The summed E-state index contributed by atoms with van der Waals surface area (Å²) in [6.07, 6.45) is 1.63. The molecule has 0 amide bonds. The highest BCUT2D eigenvalue weighted by Gasteiger charge is 1.97. The van der Waals surface area contributed by atoms with Crippen LogP contribution in [0.25, 0.3) is 0 Å². The molecular formula is C5H6BrN3S. The molecule has 1 heterocycles. The van der Waals surface area contributed by atoms with Gasteiger partial charge in [0.2, 0.25) is 0 Å². The van der Waals surface area contributed by atoms with E-state index in [0.29, 0.717) is 0 Å². The summed E-state index contributed by atoms with van der Waals surface area (Å²) in [5, 5.41) is 4.04. The lowest BCUT2D eigenvalue weighted by molar-refractivity contribution is 0.755. The van der Waals surface area contributed by atoms with Crippen molar-refractivity contribution in [3.8, 4) is 0 Å². The molecule has 1 rings (SSSR count). The summed E-state index contributed by atoms with van der Waals surface area (Å²) in [5.74, 6) is 0. The fraction of sp³-hybridized carbons (Fsp3) is 0.200. The van der Waals surface area contributed by atoms with E-state index in [2.05, 4.69) is 38.2 Å². The lowest BCUT2D eigenvalue weighted by Gasteiger charge is -1.89. The minimum atomic E-state index is 0.804. The summed E-state index contributed by atoms with van der Waals surface area (Å²) in [6.45, 7) is 0. The molecule has 0 saturated heterocycles. The summed E-state index contributed by atoms with van der Waals surface area (Å²) in [7, 11) is 1.84. The molecule has 1 aromatic rings. The second-order valence-electron chi connectivity index (χ2n) is 1.76. The van der Waals surface area contributed by atoms with Crippen LogP contribution in [-0.2, 0) is 7.05 Å². The topological polar surface area (TPSA) is 30.2 Å². The molecule has 0 aliphatic heterocycles. The van der Waals surface area contributed by atoms with E-state index in [0.717, 1.165) is 10.3 Å². The molecule has 1 aromatic heterocycles. The van der Waals surface area contributed by atoms with Crippen molar-refractivity contribution in [2.75, 3.05) is 0 Å². The van der Waals surface area contributed by atoms with Gasteiger partial charge in [-0.1, -0.05) is 0 Å². The number of aromatic nitrogens is 2. The van der Waals surface area contributed by atoms with Gasteiger partial charge in [0.15, 0.2) is 0 Å². The minimum absolute atomic E-state index is 0.804. The summed E-state index contributed by atoms with van der Waals surface area (Å²) in [5.41, 5.74) is 0.918. The van der Waals surface area contributed by atoms with Crippen LogP contribution in [0, 0.1) is 0 Å². The lowest BCUT2D eigenvalue weighted by atomic mass is 10.5. The Morgan fingerprint density at radius 1 is 1.90 bits per heavy atom. The second-order valence-corrected chi connectivity index (χ2v) is 2.80. The lowest BCUT2D eigenvalue weighted by Crippen LogP contribution is -1.95. The summed E-state index contributed by atoms with van der Waals surface area (Å²) < 4.78 is 6.08.